The van der Waals surface area contributed by atoms with Gasteiger partial charge in [0.25, 0.3) is 0 Å². The number of hydrogen-bond acceptors (Lipinski definition) is 6. The van der Waals surface area contributed by atoms with E-state index in [1.807, 2.05) is 0 Å². The van der Waals surface area contributed by atoms with Crippen LogP contribution in [0.5, 0.6) is 11.5 Å². The average Bonchev–Trinajstić information content (AvgIpc) is 2.60. The summed E-state index contributed by atoms with van der Waals surface area (Å²) in [6.07, 6.45) is 3.40. The number of carboxylic acid groups (broad SMARTS) is 1. The van der Waals surface area contributed by atoms with Crippen LogP contribution in [0.3, 0.4) is 0 Å². The lowest BCUT2D eigenvalue weighted by atomic mass is 9.90. The number of fused-ring (bicyclic) bond motifs is 1. The van der Waals surface area contributed by atoms with Gasteiger partial charge >= 0.3 is 5.97 Å². The number of hydrogen-bond donors (Lipinski definition) is 2. The third-order valence-electron chi connectivity index (χ3n) is 3.95. The van der Waals surface area contributed by atoms with Crippen LogP contribution in [-0.4, -0.2) is 43.4 Å². The van der Waals surface area contributed by atoms with Crippen molar-refractivity contribution < 1.29 is 29.0 Å². The number of ketones is 2. The van der Waals surface area contributed by atoms with Crippen LogP contribution in [-0.2, 0) is 4.79 Å². The minimum atomic E-state index is -0.818. The quantitative estimate of drug-likeness (QED) is 0.660. The van der Waals surface area contributed by atoms with Gasteiger partial charge in [0.05, 0.1) is 31.0 Å². The van der Waals surface area contributed by atoms with E-state index in [1.165, 1.54) is 20.3 Å². The Balaban J connectivity index is 2.09. The summed E-state index contributed by atoms with van der Waals surface area (Å²) in [5.74, 6) is -0.808. The predicted molar refractivity (Wildman–Crippen MR) is 90.4 cm³/mol. The van der Waals surface area contributed by atoms with Crippen molar-refractivity contribution in [2.75, 3.05) is 20.8 Å². The molecule has 7 heteroatoms. The molecule has 1 aliphatic carbocycles. The first-order valence-electron chi connectivity index (χ1n) is 8.01. The normalized spacial score (nSPS) is 13.1. The smallest absolute Gasteiger partial charge is 0.303 e. The van der Waals surface area contributed by atoms with E-state index in [-0.39, 0.29) is 34.8 Å². The number of unbranched alkanes of at least 4 members (excludes halogenated alkanes) is 2. The molecule has 1 aromatic carbocycles. The van der Waals surface area contributed by atoms with E-state index in [9.17, 15) is 14.4 Å². The highest BCUT2D eigenvalue weighted by Gasteiger charge is 2.31. The fourth-order valence-corrected chi connectivity index (χ4v) is 2.71. The molecule has 0 saturated heterocycles. The molecule has 0 spiro atoms. The highest BCUT2D eigenvalue weighted by atomic mass is 16.5. The van der Waals surface area contributed by atoms with E-state index in [0.717, 1.165) is 6.42 Å². The minimum Gasteiger partial charge on any atom is -0.496 e. The van der Waals surface area contributed by atoms with Crippen molar-refractivity contribution in [2.24, 2.45) is 0 Å². The third-order valence-corrected chi connectivity index (χ3v) is 3.95. The summed E-state index contributed by atoms with van der Waals surface area (Å²) in [4.78, 5) is 35.6. The topological polar surface area (TPSA) is 102 Å². The molecule has 0 saturated carbocycles. The van der Waals surface area contributed by atoms with Gasteiger partial charge in [0, 0.05) is 19.0 Å². The highest BCUT2D eigenvalue weighted by molar-refractivity contribution is 6.26. The van der Waals surface area contributed by atoms with Gasteiger partial charge in [0.1, 0.15) is 11.5 Å². The van der Waals surface area contributed by atoms with E-state index in [0.29, 0.717) is 30.9 Å². The van der Waals surface area contributed by atoms with Gasteiger partial charge in [-0.1, -0.05) is 6.42 Å². The number of carboxylic acids is 1. The molecule has 25 heavy (non-hydrogen) atoms. The van der Waals surface area contributed by atoms with E-state index >= 15 is 0 Å². The fraction of sp³-hybridized carbons (Fsp3) is 0.389. The van der Waals surface area contributed by atoms with E-state index in [4.69, 9.17) is 14.6 Å². The summed E-state index contributed by atoms with van der Waals surface area (Å²) < 4.78 is 10.4. The van der Waals surface area contributed by atoms with Crippen molar-refractivity contribution in [3.05, 3.63) is 35.0 Å². The lowest BCUT2D eigenvalue weighted by Crippen LogP contribution is -2.28. The summed E-state index contributed by atoms with van der Waals surface area (Å²) in [5.41, 5.74) is 0.615. The summed E-state index contributed by atoms with van der Waals surface area (Å²) in [7, 11) is 2.88. The molecule has 2 rings (SSSR count). The molecule has 0 heterocycles. The van der Waals surface area contributed by atoms with E-state index < -0.39 is 5.97 Å². The zero-order valence-corrected chi connectivity index (χ0v) is 14.3. The van der Waals surface area contributed by atoms with Crippen LogP contribution >= 0.6 is 0 Å². The Kier molecular flexibility index (Phi) is 6.16. The average molecular weight is 347 g/mol. The van der Waals surface area contributed by atoms with Crippen molar-refractivity contribution >= 4 is 17.5 Å². The van der Waals surface area contributed by atoms with Crippen LogP contribution in [0.15, 0.2) is 23.9 Å². The molecule has 1 aliphatic rings. The standard InChI is InChI=1S/C18H21NO6/c1-24-13-7-8-14(25-2)17-16(13)12(20)10-11(18(17)23)19-9-5-3-4-6-15(21)22/h7-8,10,19H,3-6,9H2,1-2H3,(H,21,22). The maximum absolute atomic E-state index is 12.7. The molecule has 0 bridgehead atoms. The Morgan fingerprint density at radius 1 is 1.04 bits per heavy atom. The molecule has 7 nitrogen and oxygen atoms in total. The summed E-state index contributed by atoms with van der Waals surface area (Å²) >= 11 is 0. The monoisotopic (exact) mass is 347 g/mol. The number of benzene rings is 1. The second-order valence-electron chi connectivity index (χ2n) is 5.60. The zero-order valence-electron chi connectivity index (χ0n) is 14.3. The van der Waals surface area contributed by atoms with Crippen molar-refractivity contribution in [3.63, 3.8) is 0 Å². The Morgan fingerprint density at radius 2 is 1.68 bits per heavy atom. The molecule has 0 aliphatic heterocycles. The summed E-state index contributed by atoms with van der Waals surface area (Å²) in [6.45, 7) is 0.478. The van der Waals surface area contributed by atoms with Crippen LogP contribution in [0.2, 0.25) is 0 Å². The number of carbonyl (C=O) groups is 3. The number of aliphatic carboxylic acids is 1. The molecule has 1 aromatic rings. The predicted octanol–water partition coefficient (Wildman–Crippen LogP) is 2.20. The van der Waals surface area contributed by atoms with Gasteiger partial charge in [-0.2, -0.15) is 0 Å². The first-order valence-corrected chi connectivity index (χ1v) is 8.01. The van der Waals surface area contributed by atoms with E-state index in [1.54, 1.807) is 12.1 Å². The van der Waals surface area contributed by atoms with Crippen molar-refractivity contribution in [1.82, 2.24) is 5.32 Å². The Hall–Kier alpha value is -2.83. The number of allylic oxidation sites excluding steroid dienone is 2. The molecular formula is C18H21NO6. The van der Waals surface area contributed by atoms with Gasteiger partial charge < -0.3 is 19.9 Å². The van der Waals surface area contributed by atoms with Crippen LogP contribution in [0.1, 0.15) is 46.4 Å². The van der Waals surface area contributed by atoms with Crippen LogP contribution in [0.4, 0.5) is 0 Å². The van der Waals surface area contributed by atoms with Crippen molar-refractivity contribution in [3.8, 4) is 11.5 Å². The van der Waals surface area contributed by atoms with Gasteiger partial charge in [-0.15, -0.1) is 0 Å². The van der Waals surface area contributed by atoms with Gasteiger partial charge in [0.15, 0.2) is 5.78 Å². The van der Waals surface area contributed by atoms with Gasteiger partial charge in [-0.05, 0) is 25.0 Å². The minimum absolute atomic E-state index is 0.129. The zero-order chi connectivity index (χ0) is 18.4. The van der Waals surface area contributed by atoms with Gasteiger partial charge in [-0.25, -0.2) is 0 Å². The maximum atomic E-state index is 12.7. The summed E-state index contributed by atoms with van der Waals surface area (Å²) in [5, 5.41) is 11.6. The number of methoxy groups -OCH3 is 2. The van der Waals surface area contributed by atoms with Gasteiger partial charge in [0.2, 0.25) is 5.78 Å². The first-order chi connectivity index (χ1) is 12.0. The van der Waals surface area contributed by atoms with Crippen LogP contribution in [0, 0.1) is 0 Å². The number of Topliss-reactive ketones (excluding diaryl/α,β-unsaturated/α-hetero) is 1. The molecule has 2 N–H and O–H groups in total. The number of ether oxygens (including phenoxy) is 2. The first kappa shape index (κ1) is 18.5. The number of rotatable bonds is 9. The fourth-order valence-electron chi connectivity index (χ4n) is 2.71. The van der Waals surface area contributed by atoms with Crippen LogP contribution < -0.4 is 14.8 Å². The third kappa shape index (κ3) is 4.17. The highest BCUT2D eigenvalue weighted by Crippen LogP contribution is 2.35. The van der Waals surface area contributed by atoms with Gasteiger partial charge in [-0.3, -0.25) is 14.4 Å². The Morgan fingerprint density at radius 3 is 2.28 bits per heavy atom. The van der Waals surface area contributed by atoms with Crippen molar-refractivity contribution in [1.29, 1.82) is 0 Å². The molecule has 0 fully saturated rings. The lowest BCUT2D eigenvalue weighted by Gasteiger charge is -2.20. The van der Waals surface area contributed by atoms with E-state index in [2.05, 4.69) is 5.32 Å². The Labute approximate surface area is 145 Å². The largest absolute Gasteiger partial charge is 0.496 e. The summed E-state index contributed by atoms with van der Waals surface area (Å²) in [6, 6.07) is 3.19. The molecule has 0 radical (unpaired) electrons. The molecule has 134 valence electrons. The molecular weight excluding hydrogens is 326 g/mol. The van der Waals surface area contributed by atoms with Crippen molar-refractivity contribution in [2.45, 2.75) is 25.7 Å². The SMILES string of the molecule is COc1ccc(OC)c2c1C(=O)C=C(NCCCCCC(=O)O)C2=O. The number of nitrogens with one attached hydrogen (secondary N) is 1. The second kappa shape index (κ2) is 8.32. The molecule has 0 atom stereocenters. The maximum Gasteiger partial charge on any atom is 0.303 e. The molecule has 0 aromatic heterocycles. The molecule has 0 unspecified atom stereocenters. The Bertz CT molecular complexity index is 723. The van der Waals surface area contributed by atoms with Crippen LogP contribution in [0.25, 0.3) is 0 Å². The lowest BCUT2D eigenvalue weighted by molar-refractivity contribution is -0.137. The second-order valence-corrected chi connectivity index (χ2v) is 5.60. The number of carbonyl (C=O) groups excluding carboxylic acids is 2. The molecule has 0 amide bonds.